The van der Waals surface area contributed by atoms with Gasteiger partial charge in [0.25, 0.3) is 6.02 Å². The Labute approximate surface area is 95.5 Å². The van der Waals surface area contributed by atoms with Gasteiger partial charge >= 0.3 is 0 Å². The second kappa shape index (κ2) is 3.81. The molecule has 0 amide bonds. The van der Waals surface area contributed by atoms with Crippen LogP contribution >= 0.6 is 0 Å². The van der Waals surface area contributed by atoms with Crippen molar-refractivity contribution in [1.82, 2.24) is 4.90 Å². The van der Waals surface area contributed by atoms with Crippen molar-refractivity contribution in [2.45, 2.75) is 31.4 Å². The van der Waals surface area contributed by atoms with E-state index >= 15 is 0 Å². The van der Waals surface area contributed by atoms with Gasteiger partial charge in [0.1, 0.15) is 6.10 Å². The molecule has 2 aliphatic rings. The molecule has 3 heteroatoms. The zero-order valence-corrected chi connectivity index (χ0v) is 9.23. The van der Waals surface area contributed by atoms with E-state index in [1.54, 1.807) is 0 Å². The lowest BCUT2D eigenvalue weighted by Crippen LogP contribution is -2.38. The van der Waals surface area contributed by atoms with Gasteiger partial charge in [-0.1, -0.05) is 30.3 Å². The van der Waals surface area contributed by atoms with Crippen LogP contribution in [0.1, 0.15) is 30.9 Å². The normalized spacial score (nSPS) is 28.8. The second-order valence-electron chi connectivity index (χ2n) is 4.51. The molecule has 1 aromatic rings. The molecular weight excluding hydrogens is 200 g/mol. The number of nitrogens with zero attached hydrogens (tertiary/aromatic N) is 1. The second-order valence-corrected chi connectivity index (χ2v) is 4.51. The lowest BCUT2D eigenvalue weighted by atomic mass is 9.94. The number of nitrogens with one attached hydrogen (secondary N) is 1. The van der Waals surface area contributed by atoms with Gasteiger partial charge < -0.3 is 9.64 Å². The number of piperidine rings is 1. The van der Waals surface area contributed by atoms with Crippen LogP contribution in [0.3, 0.4) is 0 Å². The Morgan fingerprint density at radius 1 is 1.19 bits per heavy atom. The number of fused-ring (bicyclic) bond motifs is 1. The van der Waals surface area contributed by atoms with Crippen LogP contribution in [0.25, 0.3) is 0 Å². The minimum absolute atomic E-state index is 0.0639. The Balaban J connectivity index is 1.89. The summed E-state index contributed by atoms with van der Waals surface area (Å²) in [6.45, 7) is 0.979. The van der Waals surface area contributed by atoms with Crippen LogP contribution in [-0.4, -0.2) is 23.5 Å². The number of amidine groups is 1. The molecule has 2 atom stereocenters. The number of benzene rings is 1. The predicted molar refractivity (Wildman–Crippen MR) is 62.3 cm³/mol. The smallest absolute Gasteiger partial charge is 0.285 e. The van der Waals surface area contributed by atoms with Crippen LogP contribution in [0.2, 0.25) is 0 Å². The van der Waals surface area contributed by atoms with Crippen LogP contribution in [0.5, 0.6) is 0 Å². The quantitative estimate of drug-likeness (QED) is 0.783. The van der Waals surface area contributed by atoms with E-state index < -0.39 is 0 Å². The molecule has 0 unspecified atom stereocenters. The van der Waals surface area contributed by atoms with Crippen molar-refractivity contribution in [2.75, 3.05) is 6.54 Å². The van der Waals surface area contributed by atoms with Crippen molar-refractivity contribution in [1.29, 1.82) is 5.41 Å². The molecule has 3 nitrogen and oxygen atoms in total. The Hall–Kier alpha value is -1.51. The van der Waals surface area contributed by atoms with Crippen LogP contribution in [-0.2, 0) is 4.74 Å². The minimum Gasteiger partial charge on any atom is -0.455 e. The first kappa shape index (κ1) is 9.70. The average molecular weight is 216 g/mol. The van der Waals surface area contributed by atoms with E-state index in [4.69, 9.17) is 10.1 Å². The van der Waals surface area contributed by atoms with Crippen LogP contribution in [0.4, 0.5) is 0 Å². The summed E-state index contributed by atoms with van der Waals surface area (Å²) in [5, 5.41) is 7.86. The molecule has 2 saturated heterocycles. The van der Waals surface area contributed by atoms with Gasteiger partial charge in [-0.05, 0) is 24.8 Å². The van der Waals surface area contributed by atoms with Gasteiger partial charge in [0, 0.05) is 6.54 Å². The van der Waals surface area contributed by atoms with Gasteiger partial charge in [-0.15, -0.1) is 0 Å². The molecule has 16 heavy (non-hydrogen) atoms. The van der Waals surface area contributed by atoms with Crippen LogP contribution < -0.4 is 0 Å². The van der Waals surface area contributed by atoms with Crippen molar-refractivity contribution >= 4 is 6.02 Å². The summed E-state index contributed by atoms with van der Waals surface area (Å²) >= 11 is 0. The third kappa shape index (κ3) is 1.47. The molecule has 0 aliphatic carbocycles. The molecule has 1 aromatic carbocycles. The fourth-order valence-electron chi connectivity index (χ4n) is 2.72. The highest BCUT2D eigenvalue weighted by atomic mass is 16.5. The van der Waals surface area contributed by atoms with Gasteiger partial charge in [-0.3, -0.25) is 5.41 Å². The lowest BCUT2D eigenvalue weighted by Gasteiger charge is -2.29. The molecule has 1 N–H and O–H groups in total. The molecule has 2 heterocycles. The maximum atomic E-state index is 7.86. The lowest BCUT2D eigenvalue weighted by molar-refractivity contribution is 0.167. The monoisotopic (exact) mass is 216 g/mol. The van der Waals surface area contributed by atoms with E-state index in [1.165, 1.54) is 18.4 Å². The summed E-state index contributed by atoms with van der Waals surface area (Å²) in [7, 11) is 0. The maximum absolute atomic E-state index is 7.86. The molecule has 2 fully saturated rings. The fourth-order valence-corrected chi connectivity index (χ4v) is 2.72. The van der Waals surface area contributed by atoms with Crippen LogP contribution in [0, 0.1) is 5.41 Å². The summed E-state index contributed by atoms with van der Waals surface area (Å²) < 4.78 is 5.70. The number of ether oxygens (including phenoxy) is 1. The summed E-state index contributed by atoms with van der Waals surface area (Å²) in [5.74, 6) is 0. The Morgan fingerprint density at radius 2 is 2.00 bits per heavy atom. The third-order valence-corrected chi connectivity index (χ3v) is 3.53. The molecule has 84 valence electrons. The van der Waals surface area contributed by atoms with Gasteiger partial charge in [0.05, 0.1) is 6.04 Å². The Kier molecular flexibility index (Phi) is 2.31. The SMILES string of the molecule is N=C1O[C@H](c2ccccc2)[C@H]2CCCCN12. The minimum atomic E-state index is 0.0639. The van der Waals surface area contributed by atoms with E-state index in [1.807, 2.05) is 18.2 Å². The van der Waals surface area contributed by atoms with Gasteiger partial charge in [0.2, 0.25) is 0 Å². The molecular formula is C13H16N2O. The number of hydrogen-bond donors (Lipinski definition) is 1. The van der Waals surface area contributed by atoms with Crippen molar-refractivity contribution in [2.24, 2.45) is 0 Å². The fraction of sp³-hybridized carbons (Fsp3) is 0.462. The topological polar surface area (TPSA) is 36.3 Å². The Bertz CT molecular complexity index is 390. The highest BCUT2D eigenvalue weighted by Gasteiger charge is 2.41. The molecule has 0 saturated carbocycles. The largest absolute Gasteiger partial charge is 0.455 e. The third-order valence-electron chi connectivity index (χ3n) is 3.53. The first-order valence-corrected chi connectivity index (χ1v) is 5.93. The van der Waals surface area contributed by atoms with Crippen LogP contribution in [0.15, 0.2) is 30.3 Å². The van der Waals surface area contributed by atoms with Crippen molar-refractivity contribution in [3.8, 4) is 0 Å². The molecule has 0 radical (unpaired) electrons. The van der Waals surface area contributed by atoms with E-state index in [2.05, 4.69) is 17.0 Å². The van der Waals surface area contributed by atoms with E-state index in [9.17, 15) is 0 Å². The number of rotatable bonds is 1. The van der Waals surface area contributed by atoms with E-state index in [-0.39, 0.29) is 6.10 Å². The molecule has 0 bridgehead atoms. The van der Waals surface area contributed by atoms with E-state index in [0.29, 0.717) is 12.1 Å². The van der Waals surface area contributed by atoms with Crippen molar-refractivity contribution < 1.29 is 4.74 Å². The highest BCUT2D eigenvalue weighted by molar-refractivity contribution is 5.73. The van der Waals surface area contributed by atoms with Gasteiger partial charge in [0.15, 0.2) is 0 Å². The zero-order chi connectivity index (χ0) is 11.0. The zero-order valence-electron chi connectivity index (χ0n) is 9.23. The molecule has 2 aliphatic heterocycles. The van der Waals surface area contributed by atoms with Crippen molar-refractivity contribution in [3.05, 3.63) is 35.9 Å². The summed E-state index contributed by atoms with van der Waals surface area (Å²) in [6.07, 6.45) is 3.64. The summed E-state index contributed by atoms with van der Waals surface area (Å²) in [5.41, 5.74) is 1.20. The highest BCUT2D eigenvalue weighted by Crippen LogP contribution is 2.37. The molecule has 0 aromatic heterocycles. The Morgan fingerprint density at radius 3 is 2.81 bits per heavy atom. The van der Waals surface area contributed by atoms with Gasteiger partial charge in [-0.2, -0.15) is 0 Å². The molecule has 3 rings (SSSR count). The standard InChI is InChI=1S/C13H16N2O/c14-13-15-9-5-4-8-11(15)12(16-13)10-6-2-1-3-7-10/h1-3,6-7,11-12,14H,4-5,8-9H2/t11-,12-/m1/s1. The first-order valence-electron chi connectivity index (χ1n) is 5.93. The average Bonchev–Trinajstić information content (AvgIpc) is 2.69. The summed E-state index contributed by atoms with van der Waals surface area (Å²) in [6, 6.07) is 11.0. The maximum Gasteiger partial charge on any atom is 0.285 e. The van der Waals surface area contributed by atoms with Crippen molar-refractivity contribution in [3.63, 3.8) is 0 Å². The molecule has 0 spiro atoms. The first-order chi connectivity index (χ1) is 7.86. The predicted octanol–water partition coefficient (Wildman–Crippen LogP) is 2.55. The number of hydrogen-bond acceptors (Lipinski definition) is 2. The summed E-state index contributed by atoms with van der Waals surface area (Å²) in [4.78, 5) is 2.11. The van der Waals surface area contributed by atoms with E-state index in [0.717, 1.165) is 13.0 Å². The van der Waals surface area contributed by atoms with Gasteiger partial charge in [-0.25, -0.2) is 0 Å².